The second kappa shape index (κ2) is 9.31. The molecule has 7 nitrogen and oxygen atoms in total. The summed E-state index contributed by atoms with van der Waals surface area (Å²) in [5, 5.41) is 12.0. The minimum atomic E-state index is -0.894. The number of hydrogen-bond donors (Lipinski definition) is 1. The molecule has 4 aromatic rings. The number of nitrogens with zero attached hydrogens (tertiary/aromatic N) is 3. The van der Waals surface area contributed by atoms with E-state index in [1.165, 1.54) is 35.9 Å². The van der Waals surface area contributed by atoms with Crippen LogP contribution in [0.15, 0.2) is 42.5 Å². The summed E-state index contributed by atoms with van der Waals surface area (Å²) in [6.07, 6.45) is 6.90. The van der Waals surface area contributed by atoms with Gasteiger partial charge in [0.15, 0.2) is 0 Å². The lowest BCUT2D eigenvalue weighted by atomic mass is 9.81. The number of morpholine rings is 1. The van der Waals surface area contributed by atoms with Gasteiger partial charge < -0.3 is 23.9 Å². The standard InChI is InChI=1S/C31H33N3O4/c35-30(32-14-16-38-17-15-32)26-18-21-8-4-9-24-28(21)34(26)13-5-12-33-25-19-22(31(36)37)10-11-23(25)27(29(24)33)20-6-2-1-3-7-20/h4,8-11,18-20H,1-3,5-7,12-17H2,(H,36,37). The molecule has 2 aromatic carbocycles. The van der Waals surface area contributed by atoms with Gasteiger partial charge in [-0.1, -0.05) is 43.5 Å². The van der Waals surface area contributed by atoms with E-state index in [-0.39, 0.29) is 5.91 Å². The van der Waals surface area contributed by atoms with E-state index in [2.05, 4.69) is 33.4 Å². The van der Waals surface area contributed by atoms with Gasteiger partial charge in [0.25, 0.3) is 5.91 Å². The quantitative estimate of drug-likeness (QED) is 0.372. The number of para-hydroxylation sites is 1. The number of aromatic carboxylic acids is 1. The molecular weight excluding hydrogens is 478 g/mol. The molecule has 1 aliphatic carbocycles. The minimum absolute atomic E-state index is 0.0789. The molecule has 0 bridgehead atoms. The first-order valence-electron chi connectivity index (χ1n) is 14.0. The Morgan fingerprint density at radius 1 is 0.868 bits per heavy atom. The average molecular weight is 512 g/mol. The van der Waals surface area contributed by atoms with E-state index in [0.29, 0.717) is 37.8 Å². The fourth-order valence-electron chi connectivity index (χ4n) is 7.08. The van der Waals surface area contributed by atoms with E-state index >= 15 is 0 Å². The Hall–Kier alpha value is -3.58. The number of carboxylic acid groups (broad SMARTS) is 1. The summed E-state index contributed by atoms with van der Waals surface area (Å²) in [5.74, 6) is -0.365. The number of fused-ring (bicyclic) bond motifs is 4. The number of aryl methyl sites for hydroxylation is 2. The van der Waals surface area contributed by atoms with Gasteiger partial charge >= 0.3 is 5.97 Å². The number of amides is 1. The number of ether oxygens (including phenoxy) is 1. The van der Waals surface area contributed by atoms with E-state index in [1.807, 2.05) is 17.0 Å². The zero-order chi connectivity index (χ0) is 25.8. The van der Waals surface area contributed by atoms with Gasteiger partial charge in [0, 0.05) is 48.0 Å². The number of hydrogen-bond acceptors (Lipinski definition) is 3. The van der Waals surface area contributed by atoms with E-state index in [0.717, 1.165) is 60.0 Å². The fourth-order valence-corrected chi connectivity index (χ4v) is 7.08. The molecule has 2 aromatic heterocycles. The molecule has 1 saturated carbocycles. The van der Waals surface area contributed by atoms with E-state index in [4.69, 9.17) is 4.74 Å². The monoisotopic (exact) mass is 511 g/mol. The van der Waals surface area contributed by atoms with Gasteiger partial charge in [-0.05, 0) is 48.9 Å². The third-order valence-corrected chi connectivity index (χ3v) is 8.82. The molecule has 0 radical (unpaired) electrons. The predicted octanol–water partition coefficient (Wildman–Crippen LogP) is 5.89. The lowest BCUT2D eigenvalue weighted by Gasteiger charge is -2.28. The van der Waals surface area contributed by atoms with Gasteiger partial charge in [-0.3, -0.25) is 4.79 Å². The van der Waals surface area contributed by atoms with Crippen molar-refractivity contribution in [2.45, 2.75) is 57.5 Å². The van der Waals surface area contributed by atoms with Gasteiger partial charge in [0.1, 0.15) is 5.69 Å². The van der Waals surface area contributed by atoms with Crippen LogP contribution < -0.4 is 0 Å². The van der Waals surface area contributed by atoms with Crippen LogP contribution in [-0.2, 0) is 17.8 Å². The second-order valence-corrected chi connectivity index (χ2v) is 11.0. The molecule has 2 fully saturated rings. The van der Waals surface area contributed by atoms with Crippen molar-refractivity contribution >= 4 is 33.7 Å². The number of carbonyl (C=O) groups excluding carboxylic acids is 1. The molecule has 3 aliphatic rings. The minimum Gasteiger partial charge on any atom is -0.478 e. The van der Waals surface area contributed by atoms with Gasteiger partial charge in [-0.15, -0.1) is 0 Å². The molecule has 1 saturated heterocycles. The maximum absolute atomic E-state index is 13.7. The predicted molar refractivity (Wildman–Crippen MR) is 147 cm³/mol. The normalized spacial score (nSPS) is 18.4. The molecule has 1 N–H and O–H groups in total. The van der Waals surface area contributed by atoms with Crippen molar-refractivity contribution in [1.82, 2.24) is 14.0 Å². The second-order valence-electron chi connectivity index (χ2n) is 11.0. The molecule has 196 valence electrons. The molecule has 2 aliphatic heterocycles. The van der Waals surface area contributed by atoms with Crippen LogP contribution in [0.1, 0.15) is 70.9 Å². The lowest BCUT2D eigenvalue weighted by Crippen LogP contribution is -2.41. The van der Waals surface area contributed by atoms with Crippen molar-refractivity contribution in [2.24, 2.45) is 0 Å². The molecule has 1 amide bonds. The summed E-state index contributed by atoms with van der Waals surface area (Å²) in [6, 6.07) is 14.1. The zero-order valence-electron chi connectivity index (χ0n) is 21.6. The van der Waals surface area contributed by atoms with Crippen LogP contribution in [0.25, 0.3) is 33.1 Å². The van der Waals surface area contributed by atoms with E-state index in [9.17, 15) is 14.7 Å². The van der Waals surface area contributed by atoms with Crippen LogP contribution in [0.2, 0.25) is 0 Å². The highest BCUT2D eigenvalue weighted by Gasteiger charge is 2.31. The van der Waals surface area contributed by atoms with Crippen molar-refractivity contribution in [3.8, 4) is 11.3 Å². The number of aromatic nitrogens is 2. The van der Waals surface area contributed by atoms with Crippen LogP contribution in [-0.4, -0.2) is 57.3 Å². The molecule has 7 rings (SSSR count). The average Bonchev–Trinajstić information content (AvgIpc) is 3.47. The molecule has 4 heterocycles. The van der Waals surface area contributed by atoms with Crippen LogP contribution >= 0.6 is 0 Å². The summed E-state index contributed by atoms with van der Waals surface area (Å²) < 4.78 is 10.1. The zero-order valence-corrected chi connectivity index (χ0v) is 21.6. The lowest BCUT2D eigenvalue weighted by molar-refractivity contribution is 0.0296. The number of carboxylic acids is 1. The number of benzene rings is 2. The summed E-state index contributed by atoms with van der Waals surface area (Å²) in [6.45, 7) is 3.93. The van der Waals surface area contributed by atoms with Crippen molar-refractivity contribution < 1.29 is 19.4 Å². The largest absolute Gasteiger partial charge is 0.478 e. The van der Waals surface area contributed by atoms with E-state index in [1.54, 1.807) is 6.07 Å². The highest BCUT2D eigenvalue weighted by molar-refractivity contribution is 6.06. The Balaban J connectivity index is 1.49. The van der Waals surface area contributed by atoms with Crippen LogP contribution in [0.5, 0.6) is 0 Å². The Morgan fingerprint density at radius 2 is 1.66 bits per heavy atom. The fraction of sp³-hybridized carbons (Fsp3) is 0.419. The van der Waals surface area contributed by atoms with Crippen molar-refractivity contribution in [3.05, 3.63) is 59.3 Å². The smallest absolute Gasteiger partial charge is 0.335 e. The van der Waals surface area contributed by atoms with Crippen LogP contribution in [0.4, 0.5) is 0 Å². The number of carbonyl (C=O) groups is 2. The molecular formula is C31H33N3O4. The SMILES string of the molecule is O=C(O)c1ccc2c(C3CCCCC3)c3n(c2c1)CCCn1c(C(=O)N2CCOCC2)cc2cccc-3c21. The third-order valence-electron chi connectivity index (χ3n) is 8.82. The Labute approximate surface area is 221 Å². The topological polar surface area (TPSA) is 76.7 Å². The first kappa shape index (κ1) is 23.5. The first-order valence-corrected chi connectivity index (χ1v) is 14.0. The Morgan fingerprint density at radius 3 is 2.45 bits per heavy atom. The summed E-state index contributed by atoms with van der Waals surface area (Å²) in [4.78, 5) is 27.5. The van der Waals surface area contributed by atoms with E-state index < -0.39 is 5.97 Å². The maximum atomic E-state index is 13.7. The summed E-state index contributed by atoms with van der Waals surface area (Å²) in [7, 11) is 0. The maximum Gasteiger partial charge on any atom is 0.335 e. The van der Waals surface area contributed by atoms with Crippen LogP contribution in [0, 0.1) is 0 Å². The highest BCUT2D eigenvalue weighted by atomic mass is 16.5. The molecule has 7 heteroatoms. The summed E-state index contributed by atoms with van der Waals surface area (Å²) >= 11 is 0. The van der Waals surface area contributed by atoms with Gasteiger partial charge in [0.2, 0.25) is 0 Å². The van der Waals surface area contributed by atoms with Crippen molar-refractivity contribution in [2.75, 3.05) is 26.3 Å². The number of rotatable bonds is 3. The molecule has 0 spiro atoms. The van der Waals surface area contributed by atoms with Gasteiger partial charge in [-0.2, -0.15) is 0 Å². The first-order chi connectivity index (χ1) is 18.6. The molecule has 38 heavy (non-hydrogen) atoms. The Bertz CT molecular complexity index is 1570. The van der Waals surface area contributed by atoms with Crippen molar-refractivity contribution in [1.29, 1.82) is 0 Å². The van der Waals surface area contributed by atoms with Gasteiger partial charge in [0.05, 0.1) is 30.0 Å². The van der Waals surface area contributed by atoms with Crippen LogP contribution in [0.3, 0.4) is 0 Å². The highest BCUT2D eigenvalue weighted by Crippen LogP contribution is 2.46. The molecule has 0 atom stereocenters. The molecule has 0 unspecified atom stereocenters. The van der Waals surface area contributed by atoms with Crippen molar-refractivity contribution in [3.63, 3.8) is 0 Å². The Kier molecular flexibility index (Phi) is 5.77. The summed E-state index contributed by atoms with van der Waals surface area (Å²) in [5.41, 5.74) is 6.94. The van der Waals surface area contributed by atoms with Gasteiger partial charge in [-0.25, -0.2) is 4.79 Å². The third kappa shape index (κ3) is 3.67.